The van der Waals surface area contributed by atoms with Crippen LogP contribution in [-0.2, 0) is 26.2 Å². The van der Waals surface area contributed by atoms with Crippen LogP contribution < -0.4 is 0 Å². The molecule has 4 N–H and O–H groups in total. The van der Waals surface area contributed by atoms with Crippen molar-refractivity contribution in [2.45, 2.75) is 99.7 Å². The summed E-state index contributed by atoms with van der Waals surface area (Å²) in [6, 6.07) is 3.22. The summed E-state index contributed by atoms with van der Waals surface area (Å²) >= 11 is 0. The molecule has 0 amide bonds. The first-order chi connectivity index (χ1) is 12.0. The summed E-state index contributed by atoms with van der Waals surface area (Å²) in [6.07, 6.45) is 2.62. The van der Waals surface area contributed by atoms with E-state index < -0.39 is 8.32 Å². The SMILES string of the molecule is CC(C)C[Si](O)(CC(C)C)CC(C)C.CCCO.CCCO.CCCO.[Zr]. The van der Waals surface area contributed by atoms with E-state index in [0.29, 0.717) is 37.6 Å². The van der Waals surface area contributed by atoms with Gasteiger partial charge in [0.25, 0.3) is 0 Å². The Morgan fingerprint density at radius 3 is 0.778 bits per heavy atom. The first-order valence-electron chi connectivity index (χ1n) is 10.5. The maximum Gasteiger partial charge on any atom is 0.189 e. The van der Waals surface area contributed by atoms with Crippen LogP contribution in [0.1, 0.15) is 81.6 Å². The first-order valence-corrected chi connectivity index (χ1v) is 13.1. The average molecular weight is 488 g/mol. The molecule has 0 heterocycles. The average Bonchev–Trinajstić information content (AvgIpc) is 2.52. The molecule has 0 radical (unpaired) electrons. The number of hydrogen-bond donors (Lipinski definition) is 4. The summed E-state index contributed by atoms with van der Waals surface area (Å²) in [5.74, 6) is 1.93. The third-order valence-electron chi connectivity index (χ3n) is 3.04. The van der Waals surface area contributed by atoms with E-state index in [1.807, 2.05) is 20.8 Å². The molecule has 4 nitrogen and oxygen atoms in total. The zero-order valence-corrected chi connectivity index (χ0v) is 23.3. The van der Waals surface area contributed by atoms with Crippen molar-refractivity contribution in [2.24, 2.45) is 17.8 Å². The van der Waals surface area contributed by atoms with Gasteiger partial charge in [-0.05, 0) is 55.1 Å². The van der Waals surface area contributed by atoms with Gasteiger partial charge in [0.2, 0.25) is 0 Å². The Kier molecular flexibility index (Phi) is 41.6. The van der Waals surface area contributed by atoms with Gasteiger partial charge in [-0.1, -0.05) is 62.3 Å². The zero-order chi connectivity index (χ0) is 21.6. The molecular weight excluding hydrogens is 436 g/mol. The normalized spacial score (nSPS) is 10.2. The standard InChI is InChI=1S/C12H28OSi.3C3H8O.Zr/c1-10(2)7-14(13,8-11(3)4)9-12(5)6;3*1-2-3-4;/h10-13H,7-9H2,1-6H3;3*4H,2-3H2,1H3;. The quantitative estimate of drug-likeness (QED) is 0.343. The Morgan fingerprint density at radius 2 is 0.704 bits per heavy atom. The first kappa shape index (κ1) is 38.5. The molecule has 168 valence electrons. The maximum absolute atomic E-state index is 10.7. The minimum atomic E-state index is -1.94. The molecule has 0 fully saturated rings. The molecular formula is C21H52O4SiZr. The maximum atomic E-state index is 10.7. The van der Waals surface area contributed by atoms with Crippen LogP contribution >= 0.6 is 0 Å². The van der Waals surface area contributed by atoms with Gasteiger partial charge < -0.3 is 20.1 Å². The Morgan fingerprint density at radius 1 is 0.556 bits per heavy atom. The van der Waals surface area contributed by atoms with Crippen LogP contribution in [0, 0.1) is 17.8 Å². The van der Waals surface area contributed by atoms with Gasteiger partial charge in [-0.2, -0.15) is 0 Å². The monoisotopic (exact) mass is 486 g/mol. The van der Waals surface area contributed by atoms with Gasteiger partial charge in [0.15, 0.2) is 8.32 Å². The van der Waals surface area contributed by atoms with Gasteiger partial charge in [-0.3, -0.25) is 0 Å². The minimum absolute atomic E-state index is 0. The van der Waals surface area contributed by atoms with Crippen molar-refractivity contribution in [1.82, 2.24) is 0 Å². The van der Waals surface area contributed by atoms with Gasteiger partial charge in [-0.25, -0.2) is 0 Å². The third-order valence-corrected chi connectivity index (χ3v) is 7.76. The van der Waals surface area contributed by atoms with E-state index in [1.54, 1.807) is 0 Å². The van der Waals surface area contributed by atoms with Gasteiger partial charge in [-0.15, -0.1) is 0 Å². The summed E-state index contributed by atoms with van der Waals surface area (Å²) in [6.45, 7) is 20.1. The molecule has 0 bridgehead atoms. The van der Waals surface area contributed by atoms with Crippen molar-refractivity contribution in [3.8, 4) is 0 Å². The molecule has 0 atom stereocenters. The van der Waals surface area contributed by atoms with E-state index >= 15 is 0 Å². The van der Waals surface area contributed by atoms with Gasteiger partial charge in [0.05, 0.1) is 0 Å². The predicted molar refractivity (Wildman–Crippen MR) is 119 cm³/mol. The van der Waals surface area contributed by atoms with Gasteiger partial charge in [0, 0.05) is 46.0 Å². The second-order valence-electron chi connectivity index (χ2n) is 8.19. The summed E-state index contributed by atoms with van der Waals surface area (Å²) in [5, 5.41) is 23.6. The summed E-state index contributed by atoms with van der Waals surface area (Å²) in [5.41, 5.74) is 0. The van der Waals surface area contributed by atoms with Gasteiger partial charge in [0.1, 0.15) is 0 Å². The van der Waals surface area contributed by atoms with Crippen molar-refractivity contribution >= 4 is 8.32 Å². The van der Waals surface area contributed by atoms with Crippen molar-refractivity contribution in [2.75, 3.05) is 19.8 Å². The second kappa shape index (κ2) is 29.1. The van der Waals surface area contributed by atoms with Crippen LogP contribution in [0.3, 0.4) is 0 Å². The Balaban J connectivity index is -0.000000102. The molecule has 0 aromatic rings. The fraction of sp³-hybridized carbons (Fsp3) is 1.00. The summed E-state index contributed by atoms with van der Waals surface area (Å²) in [7, 11) is -1.94. The number of aliphatic hydroxyl groups is 3. The van der Waals surface area contributed by atoms with E-state index in [9.17, 15) is 4.80 Å². The summed E-state index contributed by atoms with van der Waals surface area (Å²) < 4.78 is 0. The van der Waals surface area contributed by atoms with Crippen LogP contribution in [0.2, 0.25) is 18.1 Å². The minimum Gasteiger partial charge on any atom is -0.432 e. The molecule has 0 aliphatic rings. The molecule has 0 spiro atoms. The van der Waals surface area contributed by atoms with Crippen molar-refractivity contribution in [3.05, 3.63) is 0 Å². The summed E-state index contributed by atoms with van der Waals surface area (Å²) in [4.78, 5) is 10.7. The second-order valence-corrected chi connectivity index (χ2v) is 11.9. The molecule has 27 heavy (non-hydrogen) atoms. The van der Waals surface area contributed by atoms with Crippen LogP contribution in [0.5, 0.6) is 0 Å². The molecule has 0 aromatic heterocycles. The zero-order valence-electron chi connectivity index (χ0n) is 19.9. The Labute approximate surface area is 191 Å². The molecule has 0 aromatic carbocycles. The third kappa shape index (κ3) is 46.7. The smallest absolute Gasteiger partial charge is 0.189 e. The van der Waals surface area contributed by atoms with Crippen LogP contribution in [0.15, 0.2) is 0 Å². The topological polar surface area (TPSA) is 80.9 Å². The van der Waals surface area contributed by atoms with E-state index in [4.69, 9.17) is 15.3 Å². The Bertz CT molecular complexity index is 198. The molecule has 0 aliphatic heterocycles. The fourth-order valence-electron chi connectivity index (χ4n) is 2.53. The van der Waals surface area contributed by atoms with E-state index in [2.05, 4.69) is 41.5 Å². The van der Waals surface area contributed by atoms with E-state index in [0.717, 1.165) is 37.4 Å². The van der Waals surface area contributed by atoms with Gasteiger partial charge >= 0.3 is 0 Å². The fourth-order valence-corrected chi connectivity index (χ4v) is 7.59. The number of rotatable bonds is 9. The van der Waals surface area contributed by atoms with Crippen LogP contribution in [0.4, 0.5) is 0 Å². The number of aliphatic hydroxyl groups excluding tert-OH is 3. The van der Waals surface area contributed by atoms with Crippen molar-refractivity contribution in [3.63, 3.8) is 0 Å². The van der Waals surface area contributed by atoms with E-state index in [-0.39, 0.29) is 26.2 Å². The van der Waals surface area contributed by atoms with E-state index in [1.165, 1.54) is 0 Å². The van der Waals surface area contributed by atoms with Crippen molar-refractivity contribution in [1.29, 1.82) is 0 Å². The molecule has 0 saturated carbocycles. The number of hydrogen-bond acceptors (Lipinski definition) is 4. The molecule has 6 heteroatoms. The van der Waals surface area contributed by atoms with Crippen LogP contribution in [-0.4, -0.2) is 48.3 Å². The molecule has 0 aliphatic carbocycles. The Hall–Kier alpha value is 0.940. The molecule has 0 saturated heterocycles. The molecule has 0 unspecified atom stereocenters. The molecule has 0 rings (SSSR count). The largest absolute Gasteiger partial charge is 0.432 e. The predicted octanol–water partition coefficient (Wildman–Crippen LogP) is 5.06. The van der Waals surface area contributed by atoms with Crippen LogP contribution in [0.25, 0.3) is 0 Å². The van der Waals surface area contributed by atoms with Crippen molar-refractivity contribution < 1.29 is 46.3 Å².